The Hall–Kier alpha value is -2.41. The molecule has 7 heteroatoms. The predicted octanol–water partition coefficient (Wildman–Crippen LogP) is 2.08. The molecule has 0 atom stereocenters. The highest BCUT2D eigenvalue weighted by atomic mass is 16.6. The molecule has 0 N–H and O–H groups in total. The van der Waals surface area contributed by atoms with Crippen molar-refractivity contribution < 1.29 is 23.9 Å². The van der Waals surface area contributed by atoms with Gasteiger partial charge in [0.1, 0.15) is 5.60 Å². The number of nitrogens with zero attached hydrogens (tertiary/aromatic N) is 2. The molecular weight excluding hydrogens is 300 g/mol. The average Bonchev–Trinajstić information content (AvgIpc) is 2.71. The smallest absolute Gasteiger partial charge is 0.429 e. The quantitative estimate of drug-likeness (QED) is 0.794. The fraction of sp³-hybridized carbons (Fsp3) is 0.438. The molecule has 1 heterocycles. The Morgan fingerprint density at radius 1 is 1.13 bits per heavy atom. The maximum absolute atomic E-state index is 12.5. The topological polar surface area (TPSA) is 76.2 Å². The van der Waals surface area contributed by atoms with Gasteiger partial charge in [-0.05, 0) is 32.9 Å². The number of amides is 3. The summed E-state index contributed by atoms with van der Waals surface area (Å²) in [5, 5.41) is 1.80. The predicted molar refractivity (Wildman–Crippen MR) is 81.8 cm³/mol. The monoisotopic (exact) mass is 320 g/mol. The van der Waals surface area contributed by atoms with Crippen molar-refractivity contribution in [3.8, 4) is 0 Å². The Bertz CT molecular complexity index is 601. The molecule has 0 aliphatic carbocycles. The van der Waals surface area contributed by atoms with Gasteiger partial charge in [-0.2, -0.15) is 5.01 Å². The summed E-state index contributed by atoms with van der Waals surface area (Å²) in [5.41, 5.74) is -0.215. The Morgan fingerprint density at radius 2 is 1.65 bits per heavy atom. The van der Waals surface area contributed by atoms with Crippen LogP contribution in [0.5, 0.6) is 0 Å². The van der Waals surface area contributed by atoms with Crippen LogP contribution in [0.15, 0.2) is 24.3 Å². The van der Waals surface area contributed by atoms with Crippen molar-refractivity contribution in [3.05, 3.63) is 35.4 Å². The van der Waals surface area contributed by atoms with E-state index in [9.17, 15) is 14.4 Å². The van der Waals surface area contributed by atoms with Gasteiger partial charge < -0.3 is 9.47 Å². The highest BCUT2D eigenvalue weighted by Gasteiger charge is 2.42. The minimum atomic E-state index is -0.774. The second kappa shape index (κ2) is 6.37. The minimum Gasteiger partial charge on any atom is -0.442 e. The number of methoxy groups -OCH3 is 1. The number of rotatable bonds is 4. The zero-order valence-electron chi connectivity index (χ0n) is 13.7. The van der Waals surface area contributed by atoms with E-state index >= 15 is 0 Å². The van der Waals surface area contributed by atoms with E-state index in [1.54, 1.807) is 45.0 Å². The van der Waals surface area contributed by atoms with Gasteiger partial charge in [-0.25, -0.2) is 9.80 Å². The Labute approximate surface area is 134 Å². The van der Waals surface area contributed by atoms with Crippen molar-refractivity contribution in [3.63, 3.8) is 0 Å². The summed E-state index contributed by atoms with van der Waals surface area (Å²) in [6.45, 7) is 5.31. The van der Waals surface area contributed by atoms with Crippen LogP contribution in [-0.2, 0) is 9.47 Å². The van der Waals surface area contributed by atoms with Crippen LogP contribution < -0.4 is 0 Å². The van der Waals surface area contributed by atoms with Crippen LogP contribution in [0, 0.1) is 0 Å². The maximum atomic E-state index is 12.5. The highest BCUT2D eigenvalue weighted by molar-refractivity contribution is 6.21. The minimum absolute atomic E-state index is 0.0247. The second-order valence-electron chi connectivity index (χ2n) is 6.06. The van der Waals surface area contributed by atoms with Crippen LogP contribution in [0.2, 0.25) is 0 Å². The summed E-state index contributed by atoms with van der Waals surface area (Å²) in [6.07, 6.45) is -0.774. The molecule has 0 aromatic heterocycles. The van der Waals surface area contributed by atoms with E-state index in [1.165, 1.54) is 7.11 Å². The highest BCUT2D eigenvalue weighted by Crippen LogP contribution is 2.25. The van der Waals surface area contributed by atoms with E-state index in [2.05, 4.69) is 0 Å². The number of imide groups is 1. The Balaban J connectivity index is 2.32. The van der Waals surface area contributed by atoms with Crippen LogP contribution in [0.25, 0.3) is 0 Å². The van der Waals surface area contributed by atoms with Crippen LogP contribution in [0.1, 0.15) is 41.5 Å². The lowest BCUT2D eigenvalue weighted by molar-refractivity contribution is -0.0348. The van der Waals surface area contributed by atoms with Gasteiger partial charge in [0, 0.05) is 7.11 Å². The fourth-order valence-corrected chi connectivity index (χ4v) is 2.16. The molecule has 7 nitrogen and oxygen atoms in total. The number of fused-ring (bicyclic) bond motifs is 1. The van der Waals surface area contributed by atoms with Crippen molar-refractivity contribution in [1.82, 2.24) is 10.0 Å². The number of hydrogen-bond donors (Lipinski definition) is 0. The zero-order chi connectivity index (χ0) is 17.2. The molecule has 124 valence electrons. The zero-order valence-corrected chi connectivity index (χ0v) is 13.7. The van der Waals surface area contributed by atoms with E-state index in [1.807, 2.05) is 0 Å². The van der Waals surface area contributed by atoms with Gasteiger partial charge in [-0.15, -0.1) is 0 Å². The van der Waals surface area contributed by atoms with Gasteiger partial charge in [0.05, 0.1) is 24.3 Å². The van der Waals surface area contributed by atoms with E-state index in [4.69, 9.17) is 9.47 Å². The van der Waals surface area contributed by atoms with Crippen LogP contribution >= 0.6 is 0 Å². The van der Waals surface area contributed by atoms with E-state index in [0.717, 1.165) is 10.0 Å². The van der Waals surface area contributed by atoms with E-state index < -0.39 is 23.5 Å². The van der Waals surface area contributed by atoms with Crippen LogP contribution in [0.3, 0.4) is 0 Å². The van der Waals surface area contributed by atoms with Crippen LogP contribution in [-0.4, -0.2) is 53.8 Å². The molecule has 0 saturated heterocycles. The van der Waals surface area contributed by atoms with Gasteiger partial charge >= 0.3 is 6.09 Å². The first-order chi connectivity index (χ1) is 10.8. The number of hydrogen-bond acceptors (Lipinski definition) is 5. The number of hydrazine groups is 1. The van der Waals surface area contributed by atoms with Gasteiger partial charge in [0.25, 0.3) is 11.8 Å². The molecule has 0 fully saturated rings. The number of carbonyl (C=O) groups is 3. The maximum Gasteiger partial charge on any atom is 0.429 e. The molecule has 3 amide bonds. The lowest BCUT2D eigenvalue weighted by atomic mass is 10.1. The third-order valence-electron chi connectivity index (χ3n) is 3.13. The Kier molecular flexibility index (Phi) is 4.70. The molecule has 0 spiro atoms. The standard InChI is InChI=1S/C16H20N2O5/c1-16(2,3)23-15(21)17(9-10-22-4)18-13(19)11-7-5-6-8-12(11)14(18)20/h5-8H,9-10H2,1-4H3. The summed E-state index contributed by atoms with van der Waals surface area (Å²) in [4.78, 5) is 37.4. The normalized spacial score (nSPS) is 14.0. The Morgan fingerprint density at radius 3 is 2.09 bits per heavy atom. The third kappa shape index (κ3) is 3.50. The molecule has 1 aromatic carbocycles. The van der Waals surface area contributed by atoms with Crippen molar-refractivity contribution >= 4 is 17.9 Å². The van der Waals surface area contributed by atoms with Crippen molar-refractivity contribution in [2.75, 3.05) is 20.3 Å². The molecule has 0 bridgehead atoms. The molecule has 1 aliphatic heterocycles. The summed E-state index contributed by atoms with van der Waals surface area (Å²) >= 11 is 0. The second-order valence-corrected chi connectivity index (χ2v) is 6.06. The van der Waals surface area contributed by atoms with E-state index in [0.29, 0.717) is 0 Å². The summed E-state index contributed by atoms with van der Waals surface area (Å²) < 4.78 is 10.3. The number of carbonyl (C=O) groups excluding carboxylic acids is 3. The number of ether oxygens (including phenoxy) is 2. The fourth-order valence-electron chi connectivity index (χ4n) is 2.16. The molecule has 1 aromatic rings. The molecule has 23 heavy (non-hydrogen) atoms. The molecule has 2 rings (SSSR count). The van der Waals surface area contributed by atoms with Crippen molar-refractivity contribution in [2.45, 2.75) is 26.4 Å². The molecular formula is C16H20N2O5. The first-order valence-electron chi connectivity index (χ1n) is 7.23. The third-order valence-corrected chi connectivity index (χ3v) is 3.13. The summed E-state index contributed by atoms with van der Waals surface area (Å²) in [7, 11) is 1.47. The van der Waals surface area contributed by atoms with Gasteiger partial charge in [-0.1, -0.05) is 12.1 Å². The van der Waals surface area contributed by atoms with Gasteiger partial charge in [-0.3, -0.25) is 9.59 Å². The number of benzene rings is 1. The summed E-state index contributed by atoms with van der Waals surface area (Å²) in [6, 6.07) is 6.44. The molecule has 0 radical (unpaired) electrons. The summed E-state index contributed by atoms with van der Waals surface area (Å²) in [5.74, 6) is -1.10. The van der Waals surface area contributed by atoms with Crippen molar-refractivity contribution in [2.24, 2.45) is 0 Å². The van der Waals surface area contributed by atoms with Crippen molar-refractivity contribution in [1.29, 1.82) is 0 Å². The molecule has 0 unspecified atom stereocenters. The molecule has 0 saturated carbocycles. The van der Waals surface area contributed by atoms with Crippen LogP contribution in [0.4, 0.5) is 4.79 Å². The van der Waals surface area contributed by atoms with Gasteiger partial charge in [0.2, 0.25) is 0 Å². The lowest BCUT2D eigenvalue weighted by Crippen LogP contribution is -2.52. The lowest BCUT2D eigenvalue weighted by Gasteiger charge is -2.31. The largest absolute Gasteiger partial charge is 0.442 e. The SMILES string of the molecule is COCCN(C(=O)OC(C)(C)C)N1C(=O)c2ccccc2C1=O. The first-order valence-corrected chi connectivity index (χ1v) is 7.23. The van der Waals surface area contributed by atoms with Gasteiger partial charge in [0.15, 0.2) is 0 Å². The molecule has 1 aliphatic rings. The average molecular weight is 320 g/mol. The first kappa shape index (κ1) is 17.0. The van der Waals surface area contributed by atoms with E-state index in [-0.39, 0.29) is 24.3 Å².